The Morgan fingerprint density at radius 3 is 2.45 bits per heavy atom. The maximum atomic E-state index is 5.46. The molecule has 2 unspecified atom stereocenters. The predicted molar refractivity (Wildman–Crippen MR) is 77.8 cm³/mol. The van der Waals surface area contributed by atoms with Crippen molar-refractivity contribution in [3.8, 4) is 0 Å². The van der Waals surface area contributed by atoms with E-state index in [1.165, 1.54) is 11.1 Å². The molecule has 0 saturated heterocycles. The van der Waals surface area contributed by atoms with Crippen LogP contribution < -0.4 is 5.32 Å². The zero-order chi connectivity index (χ0) is 14.1. The highest BCUT2D eigenvalue weighted by molar-refractivity contribution is 5.34. The minimum absolute atomic E-state index is 0.227. The van der Waals surface area contributed by atoms with Gasteiger partial charge in [-0.15, -0.1) is 0 Å². The number of likely N-dealkylation sites (N-methyl/N-ethyl adjacent to an activating group) is 1. The molecule has 1 heterocycles. The molecule has 20 heavy (non-hydrogen) atoms. The Morgan fingerprint density at radius 2 is 1.85 bits per heavy atom. The number of rotatable bonds is 4. The fourth-order valence-corrected chi connectivity index (χ4v) is 2.80. The van der Waals surface area contributed by atoms with Gasteiger partial charge in [-0.2, -0.15) is 4.98 Å². The van der Waals surface area contributed by atoms with Crippen molar-refractivity contribution in [1.29, 1.82) is 0 Å². The maximum absolute atomic E-state index is 5.46. The van der Waals surface area contributed by atoms with E-state index in [-0.39, 0.29) is 5.92 Å². The highest BCUT2D eigenvalue weighted by Gasteiger charge is 2.28. The Labute approximate surface area is 119 Å². The zero-order valence-electron chi connectivity index (χ0n) is 12.3. The average molecular weight is 271 g/mol. The summed E-state index contributed by atoms with van der Waals surface area (Å²) in [5.74, 6) is 2.18. The normalized spacial score (nSPS) is 17.9. The van der Waals surface area contributed by atoms with Gasteiger partial charge in [0.15, 0.2) is 5.82 Å². The molecule has 0 amide bonds. The minimum Gasteiger partial charge on any atom is -0.339 e. The molecule has 0 radical (unpaired) electrons. The van der Waals surface area contributed by atoms with Gasteiger partial charge in [-0.05, 0) is 37.9 Å². The quantitative estimate of drug-likeness (QED) is 0.929. The van der Waals surface area contributed by atoms with Gasteiger partial charge in [0.1, 0.15) is 0 Å². The molecule has 0 bridgehead atoms. The van der Waals surface area contributed by atoms with Crippen molar-refractivity contribution in [2.75, 3.05) is 7.05 Å². The summed E-state index contributed by atoms with van der Waals surface area (Å²) in [5.41, 5.74) is 2.83. The number of aromatic nitrogens is 2. The van der Waals surface area contributed by atoms with E-state index < -0.39 is 0 Å². The van der Waals surface area contributed by atoms with Crippen molar-refractivity contribution in [3.63, 3.8) is 0 Å². The van der Waals surface area contributed by atoms with E-state index in [0.717, 1.165) is 24.6 Å². The molecule has 3 rings (SSSR count). The topological polar surface area (TPSA) is 51.0 Å². The lowest BCUT2D eigenvalue weighted by atomic mass is 10.0. The molecular formula is C16H21N3O. The highest BCUT2D eigenvalue weighted by atomic mass is 16.5. The second-order valence-electron chi connectivity index (χ2n) is 5.73. The summed E-state index contributed by atoms with van der Waals surface area (Å²) in [6.45, 7) is 4.24. The third-order valence-electron chi connectivity index (χ3n) is 4.47. The van der Waals surface area contributed by atoms with E-state index in [4.69, 9.17) is 4.52 Å². The van der Waals surface area contributed by atoms with Crippen molar-refractivity contribution in [2.24, 2.45) is 0 Å². The van der Waals surface area contributed by atoms with Crippen LogP contribution in [0.25, 0.3) is 0 Å². The molecule has 0 fully saturated rings. The lowest BCUT2D eigenvalue weighted by molar-refractivity contribution is 0.331. The first-order chi connectivity index (χ1) is 9.69. The van der Waals surface area contributed by atoms with E-state index in [2.05, 4.69) is 53.6 Å². The Balaban J connectivity index is 1.76. The molecule has 0 saturated carbocycles. The van der Waals surface area contributed by atoms with Crippen LogP contribution in [0.5, 0.6) is 0 Å². The van der Waals surface area contributed by atoms with Crippen molar-refractivity contribution in [2.45, 2.75) is 44.6 Å². The molecule has 1 aromatic carbocycles. The van der Waals surface area contributed by atoms with Crippen LogP contribution in [0.2, 0.25) is 0 Å². The van der Waals surface area contributed by atoms with Gasteiger partial charge in [0, 0.05) is 12.0 Å². The molecule has 0 aliphatic heterocycles. The molecular weight excluding hydrogens is 250 g/mol. The number of nitrogens with zero attached hydrogens (tertiary/aromatic N) is 2. The predicted octanol–water partition coefficient (Wildman–Crippen LogP) is 2.66. The van der Waals surface area contributed by atoms with Crippen molar-refractivity contribution in [1.82, 2.24) is 15.5 Å². The van der Waals surface area contributed by atoms with Gasteiger partial charge in [0.05, 0.1) is 5.92 Å². The smallest absolute Gasteiger partial charge is 0.231 e. The number of benzene rings is 1. The van der Waals surface area contributed by atoms with Crippen LogP contribution in [0.3, 0.4) is 0 Å². The molecule has 0 spiro atoms. The number of nitrogens with one attached hydrogen (secondary N) is 1. The van der Waals surface area contributed by atoms with Gasteiger partial charge in [-0.25, -0.2) is 0 Å². The van der Waals surface area contributed by atoms with Crippen molar-refractivity contribution >= 4 is 0 Å². The van der Waals surface area contributed by atoms with Crippen LogP contribution in [0.1, 0.15) is 48.5 Å². The van der Waals surface area contributed by atoms with Crippen LogP contribution in [-0.4, -0.2) is 23.2 Å². The van der Waals surface area contributed by atoms with Gasteiger partial charge in [0.25, 0.3) is 0 Å². The summed E-state index contributed by atoms with van der Waals surface area (Å²) >= 11 is 0. The first-order valence-electron chi connectivity index (χ1n) is 7.26. The minimum atomic E-state index is 0.227. The third kappa shape index (κ3) is 2.36. The molecule has 1 aromatic heterocycles. The molecule has 1 aliphatic carbocycles. The first kappa shape index (κ1) is 13.3. The third-order valence-corrected chi connectivity index (χ3v) is 4.47. The van der Waals surface area contributed by atoms with Gasteiger partial charge < -0.3 is 9.84 Å². The maximum Gasteiger partial charge on any atom is 0.231 e. The molecule has 1 aliphatic rings. The zero-order valence-corrected chi connectivity index (χ0v) is 12.3. The summed E-state index contributed by atoms with van der Waals surface area (Å²) in [6.07, 6.45) is 2.04. The van der Waals surface area contributed by atoms with Gasteiger partial charge in [-0.3, -0.25) is 0 Å². The fraction of sp³-hybridized carbons (Fsp3) is 0.500. The molecule has 1 N–H and O–H groups in total. The average Bonchev–Trinajstić information content (AvgIpc) is 3.11. The lowest BCUT2D eigenvalue weighted by Gasteiger charge is -2.14. The SMILES string of the molecule is CNC(C)C(C)c1nc(C2Cc3ccccc3C2)no1. The highest BCUT2D eigenvalue weighted by Crippen LogP contribution is 2.33. The van der Waals surface area contributed by atoms with E-state index >= 15 is 0 Å². The molecule has 106 valence electrons. The lowest BCUT2D eigenvalue weighted by Crippen LogP contribution is -2.27. The Kier molecular flexibility index (Phi) is 3.57. The van der Waals surface area contributed by atoms with E-state index in [1.54, 1.807) is 0 Å². The van der Waals surface area contributed by atoms with Crippen LogP contribution in [-0.2, 0) is 12.8 Å². The van der Waals surface area contributed by atoms with E-state index in [1.807, 2.05) is 7.05 Å². The van der Waals surface area contributed by atoms with E-state index in [0.29, 0.717) is 12.0 Å². The fourth-order valence-electron chi connectivity index (χ4n) is 2.80. The Bertz CT molecular complexity index is 568. The van der Waals surface area contributed by atoms with Gasteiger partial charge in [-0.1, -0.05) is 36.3 Å². The standard InChI is InChI=1S/C16H21N3O/c1-10(11(2)17-3)16-18-15(19-20-16)14-8-12-6-4-5-7-13(12)9-14/h4-7,10-11,14,17H,8-9H2,1-3H3. The number of fused-ring (bicyclic) bond motifs is 1. The Hall–Kier alpha value is -1.68. The van der Waals surface area contributed by atoms with Crippen LogP contribution in [0.15, 0.2) is 28.8 Å². The second kappa shape index (κ2) is 5.37. The second-order valence-corrected chi connectivity index (χ2v) is 5.73. The largest absolute Gasteiger partial charge is 0.339 e. The van der Waals surface area contributed by atoms with Crippen molar-refractivity contribution in [3.05, 3.63) is 47.1 Å². The van der Waals surface area contributed by atoms with Crippen LogP contribution >= 0.6 is 0 Å². The summed E-state index contributed by atoms with van der Waals surface area (Å²) < 4.78 is 5.46. The van der Waals surface area contributed by atoms with Crippen LogP contribution in [0, 0.1) is 0 Å². The van der Waals surface area contributed by atoms with E-state index in [9.17, 15) is 0 Å². The molecule has 4 heteroatoms. The molecule has 4 nitrogen and oxygen atoms in total. The summed E-state index contributed by atoms with van der Waals surface area (Å²) in [7, 11) is 1.95. The van der Waals surface area contributed by atoms with Gasteiger partial charge >= 0.3 is 0 Å². The summed E-state index contributed by atoms with van der Waals surface area (Å²) in [4.78, 5) is 4.63. The molecule has 2 aromatic rings. The number of hydrogen-bond donors (Lipinski definition) is 1. The summed E-state index contributed by atoms with van der Waals surface area (Å²) in [5, 5.41) is 7.43. The Morgan fingerprint density at radius 1 is 1.20 bits per heavy atom. The van der Waals surface area contributed by atoms with Crippen molar-refractivity contribution < 1.29 is 4.52 Å². The monoisotopic (exact) mass is 271 g/mol. The summed E-state index contributed by atoms with van der Waals surface area (Å²) in [6, 6.07) is 8.91. The van der Waals surface area contributed by atoms with Gasteiger partial charge in [0.2, 0.25) is 5.89 Å². The first-order valence-corrected chi connectivity index (χ1v) is 7.26. The molecule has 2 atom stereocenters. The number of hydrogen-bond acceptors (Lipinski definition) is 4. The van der Waals surface area contributed by atoms with Crippen LogP contribution in [0.4, 0.5) is 0 Å².